The fraction of sp³-hybridized carbons (Fsp3) is 0.231. The van der Waals surface area contributed by atoms with Crippen LogP contribution < -0.4 is 5.43 Å². The first-order valence-corrected chi connectivity index (χ1v) is 6.12. The molecule has 1 heterocycles. The van der Waals surface area contributed by atoms with E-state index in [9.17, 15) is 0 Å². The van der Waals surface area contributed by atoms with E-state index < -0.39 is 0 Å². The van der Waals surface area contributed by atoms with Crippen LogP contribution in [0.4, 0.5) is 0 Å². The lowest BCUT2D eigenvalue weighted by Gasteiger charge is -2.09. The second-order valence-electron chi connectivity index (χ2n) is 3.86. The number of hydrazine groups is 1. The highest BCUT2D eigenvalue weighted by Gasteiger charge is 2.02. The molecule has 3 heteroatoms. The Kier molecular flexibility index (Phi) is 3.72. The standard InChI is InChI=1S/C13H16N2S/c1-15(2)14-10-12-8-9-13(16-12)11-6-4-3-5-7-11/h3-9,14H,10H2,1-2H3. The number of benzene rings is 1. The van der Waals surface area contributed by atoms with E-state index in [1.165, 1.54) is 15.3 Å². The van der Waals surface area contributed by atoms with E-state index in [1.807, 2.05) is 36.5 Å². The average molecular weight is 232 g/mol. The highest BCUT2D eigenvalue weighted by atomic mass is 32.1. The summed E-state index contributed by atoms with van der Waals surface area (Å²) in [6.07, 6.45) is 0. The van der Waals surface area contributed by atoms with Crippen LogP contribution >= 0.6 is 11.3 Å². The Morgan fingerprint density at radius 3 is 2.50 bits per heavy atom. The Labute approximate surface area is 101 Å². The molecule has 2 rings (SSSR count). The minimum absolute atomic E-state index is 0.893. The predicted molar refractivity (Wildman–Crippen MR) is 70.3 cm³/mol. The summed E-state index contributed by atoms with van der Waals surface area (Å²) in [4.78, 5) is 2.68. The first-order chi connectivity index (χ1) is 7.75. The third-order valence-electron chi connectivity index (χ3n) is 2.29. The summed E-state index contributed by atoms with van der Waals surface area (Å²) < 4.78 is 0. The van der Waals surface area contributed by atoms with Crippen LogP contribution in [0.15, 0.2) is 42.5 Å². The second-order valence-corrected chi connectivity index (χ2v) is 5.03. The summed E-state index contributed by atoms with van der Waals surface area (Å²) in [5.74, 6) is 0. The summed E-state index contributed by atoms with van der Waals surface area (Å²) in [6, 6.07) is 14.9. The molecular weight excluding hydrogens is 216 g/mol. The molecule has 2 nitrogen and oxygen atoms in total. The first kappa shape index (κ1) is 11.3. The molecule has 0 fully saturated rings. The minimum atomic E-state index is 0.893. The van der Waals surface area contributed by atoms with Crippen LogP contribution in [0.5, 0.6) is 0 Å². The molecule has 16 heavy (non-hydrogen) atoms. The monoisotopic (exact) mass is 232 g/mol. The predicted octanol–water partition coefficient (Wildman–Crippen LogP) is 2.98. The molecule has 1 N–H and O–H groups in total. The Morgan fingerprint density at radius 2 is 1.81 bits per heavy atom. The van der Waals surface area contributed by atoms with Crippen LogP contribution in [0.3, 0.4) is 0 Å². The Morgan fingerprint density at radius 1 is 1.06 bits per heavy atom. The van der Waals surface area contributed by atoms with Crippen molar-refractivity contribution in [3.05, 3.63) is 47.3 Å². The van der Waals surface area contributed by atoms with Crippen molar-refractivity contribution >= 4 is 11.3 Å². The SMILES string of the molecule is CN(C)NCc1ccc(-c2ccccc2)s1. The molecule has 0 atom stereocenters. The minimum Gasteiger partial charge on any atom is -0.250 e. The molecule has 2 aromatic rings. The normalized spacial score (nSPS) is 10.9. The van der Waals surface area contributed by atoms with Crippen molar-refractivity contribution < 1.29 is 0 Å². The first-order valence-electron chi connectivity index (χ1n) is 5.30. The lowest BCUT2D eigenvalue weighted by molar-refractivity contribution is 0.287. The fourth-order valence-electron chi connectivity index (χ4n) is 1.47. The van der Waals surface area contributed by atoms with Crippen molar-refractivity contribution in [1.29, 1.82) is 0 Å². The van der Waals surface area contributed by atoms with E-state index in [0.29, 0.717) is 0 Å². The lowest BCUT2D eigenvalue weighted by Crippen LogP contribution is -2.29. The van der Waals surface area contributed by atoms with Crippen LogP contribution in [0.2, 0.25) is 0 Å². The van der Waals surface area contributed by atoms with E-state index in [-0.39, 0.29) is 0 Å². The van der Waals surface area contributed by atoms with Gasteiger partial charge in [0.15, 0.2) is 0 Å². The molecule has 0 amide bonds. The average Bonchev–Trinajstić information content (AvgIpc) is 2.76. The van der Waals surface area contributed by atoms with Crippen LogP contribution in [0, 0.1) is 0 Å². The van der Waals surface area contributed by atoms with Gasteiger partial charge in [-0.1, -0.05) is 30.3 Å². The number of thiophene rings is 1. The zero-order valence-electron chi connectivity index (χ0n) is 9.60. The molecule has 0 aliphatic rings. The van der Waals surface area contributed by atoms with Gasteiger partial charge in [0.05, 0.1) is 0 Å². The number of rotatable bonds is 4. The molecule has 0 spiro atoms. The maximum Gasteiger partial charge on any atom is 0.0447 e. The quantitative estimate of drug-likeness (QED) is 0.815. The number of nitrogens with one attached hydrogen (secondary N) is 1. The summed E-state index contributed by atoms with van der Waals surface area (Å²) in [7, 11) is 4.01. The van der Waals surface area contributed by atoms with E-state index in [1.54, 1.807) is 0 Å². The molecule has 0 saturated carbocycles. The van der Waals surface area contributed by atoms with Crippen molar-refractivity contribution in [2.75, 3.05) is 14.1 Å². The third-order valence-corrected chi connectivity index (χ3v) is 3.42. The molecule has 1 aromatic carbocycles. The van der Waals surface area contributed by atoms with Gasteiger partial charge in [0.25, 0.3) is 0 Å². The molecule has 0 bridgehead atoms. The van der Waals surface area contributed by atoms with Crippen LogP contribution in [-0.2, 0) is 6.54 Å². The largest absolute Gasteiger partial charge is 0.250 e. The third kappa shape index (κ3) is 2.92. The summed E-state index contributed by atoms with van der Waals surface area (Å²) in [6.45, 7) is 0.893. The van der Waals surface area contributed by atoms with Crippen LogP contribution in [-0.4, -0.2) is 19.1 Å². The van der Waals surface area contributed by atoms with E-state index >= 15 is 0 Å². The van der Waals surface area contributed by atoms with E-state index in [4.69, 9.17) is 0 Å². The maximum absolute atomic E-state index is 3.27. The highest BCUT2D eigenvalue weighted by molar-refractivity contribution is 7.15. The molecule has 0 aliphatic heterocycles. The molecule has 1 aromatic heterocycles. The Hall–Kier alpha value is -1.16. The maximum atomic E-state index is 3.27. The molecule has 0 saturated heterocycles. The van der Waals surface area contributed by atoms with Gasteiger partial charge in [0.2, 0.25) is 0 Å². The molecule has 0 aliphatic carbocycles. The second kappa shape index (κ2) is 5.25. The van der Waals surface area contributed by atoms with Gasteiger partial charge >= 0.3 is 0 Å². The van der Waals surface area contributed by atoms with Crippen LogP contribution in [0.1, 0.15) is 4.88 Å². The van der Waals surface area contributed by atoms with Gasteiger partial charge in [0.1, 0.15) is 0 Å². The molecule has 0 radical (unpaired) electrons. The van der Waals surface area contributed by atoms with Gasteiger partial charge in [-0.3, -0.25) is 10.4 Å². The van der Waals surface area contributed by atoms with E-state index in [0.717, 1.165) is 6.54 Å². The Bertz CT molecular complexity index is 434. The van der Waals surface area contributed by atoms with Crippen molar-refractivity contribution in [3.8, 4) is 10.4 Å². The zero-order valence-corrected chi connectivity index (χ0v) is 10.4. The van der Waals surface area contributed by atoms with Gasteiger partial charge < -0.3 is 0 Å². The summed E-state index contributed by atoms with van der Waals surface area (Å²) in [5, 5.41) is 1.97. The lowest BCUT2D eigenvalue weighted by atomic mass is 10.2. The topological polar surface area (TPSA) is 15.3 Å². The number of hydrogen-bond donors (Lipinski definition) is 1. The van der Waals surface area contributed by atoms with Crippen LogP contribution in [0.25, 0.3) is 10.4 Å². The number of nitrogens with zero attached hydrogens (tertiary/aromatic N) is 1. The smallest absolute Gasteiger partial charge is 0.0447 e. The van der Waals surface area contributed by atoms with Gasteiger partial charge in [-0.25, -0.2) is 0 Å². The fourth-order valence-corrected chi connectivity index (χ4v) is 2.41. The van der Waals surface area contributed by atoms with Crippen molar-refractivity contribution in [2.24, 2.45) is 0 Å². The van der Waals surface area contributed by atoms with Gasteiger partial charge in [-0.15, -0.1) is 11.3 Å². The summed E-state index contributed by atoms with van der Waals surface area (Å²) in [5.41, 5.74) is 4.57. The van der Waals surface area contributed by atoms with Crippen molar-refractivity contribution in [1.82, 2.24) is 10.4 Å². The van der Waals surface area contributed by atoms with Gasteiger partial charge in [-0.2, -0.15) is 0 Å². The molecule has 0 unspecified atom stereocenters. The summed E-state index contributed by atoms with van der Waals surface area (Å²) >= 11 is 1.84. The van der Waals surface area contributed by atoms with Gasteiger partial charge in [-0.05, 0) is 17.7 Å². The van der Waals surface area contributed by atoms with E-state index in [2.05, 4.69) is 41.8 Å². The van der Waals surface area contributed by atoms with Crippen molar-refractivity contribution in [3.63, 3.8) is 0 Å². The molecule has 84 valence electrons. The highest BCUT2D eigenvalue weighted by Crippen LogP contribution is 2.27. The Balaban J connectivity index is 2.08. The molecular formula is C13H16N2S. The van der Waals surface area contributed by atoms with Crippen molar-refractivity contribution in [2.45, 2.75) is 6.54 Å². The zero-order chi connectivity index (χ0) is 11.4. The van der Waals surface area contributed by atoms with Gasteiger partial charge in [0, 0.05) is 30.4 Å². The number of hydrogen-bond acceptors (Lipinski definition) is 3.